The molecule has 1 heterocycles. The summed E-state index contributed by atoms with van der Waals surface area (Å²) in [7, 11) is -4.30. The molecule has 0 aromatic heterocycles. The van der Waals surface area contributed by atoms with Crippen LogP contribution in [0.5, 0.6) is 0 Å². The second-order valence-corrected chi connectivity index (χ2v) is 12.2. The van der Waals surface area contributed by atoms with Gasteiger partial charge in [-0.1, -0.05) is 54.1 Å². The van der Waals surface area contributed by atoms with Crippen molar-refractivity contribution >= 4 is 51.0 Å². The Morgan fingerprint density at radius 1 is 1.02 bits per heavy atom. The Kier molecular flexibility index (Phi) is 10.1. The number of rotatable bonds is 10. The van der Waals surface area contributed by atoms with E-state index in [9.17, 15) is 22.8 Å². The Morgan fingerprint density at radius 2 is 1.76 bits per heavy atom. The fourth-order valence-electron chi connectivity index (χ4n) is 4.51. The highest BCUT2D eigenvalue weighted by Crippen LogP contribution is 2.28. The number of anilines is 2. The minimum atomic E-state index is -4.30. The van der Waals surface area contributed by atoms with Crippen LogP contribution in [0, 0.1) is 0 Å². The van der Waals surface area contributed by atoms with Gasteiger partial charge in [-0.05, 0) is 68.7 Å². The Morgan fingerprint density at radius 3 is 2.48 bits per heavy atom. The summed E-state index contributed by atoms with van der Waals surface area (Å²) in [6.07, 6.45) is 0.0164. The Balaban J connectivity index is 1.50. The van der Waals surface area contributed by atoms with E-state index in [4.69, 9.17) is 21.1 Å². The van der Waals surface area contributed by atoms with E-state index >= 15 is 0 Å². The minimum absolute atomic E-state index is 0.0816. The molecule has 4 rings (SSSR count). The Labute approximate surface area is 250 Å². The summed E-state index contributed by atoms with van der Waals surface area (Å²) in [5, 5.41) is 3.01. The van der Waals surface area contributed by atoms with Crippen LogP contribution in [0.2, 0.25) is 5.02 Å². The lowest BCUT2D eigenvalue weighted by Gasteiger charge is -2.25. The first-order valence-electron chi connectivity index (χ1n) is 13.4. The molecule has 0 spiro atoms. The van der Waals surface area contributed by atoms with Crippen molar-refractivity contribution in [3.63, 3.8) is 0 Å². The van der Waals surface area contributed by atoms with Crippen molar-refractivity contribution < 1.29 is 32.3 Å². The van der Waals surface area contributed by atoms with Gasteiger partial charge in [0, 0.05) is 17.3 Å². The molecule has 3 aromatic rings. The smallest absolute Gasteiger partial charge is 0.410 e. The predicted octanol–water partition coefficient (Wildman–Crippen LogP) is 5.23. The molecule has 10 nitrogen and oxygen atoms in total. The van der Waals surface area contributed by atoms with Crippen molar-refractivity contribution in [2.24, 2.45) is 0 Å². The van der Waals surface area contributed by atoms with E-state index in [1.54, 1.807) is 32.0 Å². The highest BCUT2D eigenvalue weighted by atomic mass is 35.5. The SMILES string of the molecule is CC(C)OC(=O)CN(c1cccc(Cl)c1)S(=O)(=O)c1cccc(NC(=O)C2CCCN2C(=O)OCc2ccccc2)c1. The first kappa shape index (κ1) is 30.9. The first-order valence-corrected chi connectivity index (χ1v) is 15.2. The molecule has 42 heavy (non-hydrogen) atoms. The zero-order valence-corrected chi connectivity index (χ0v) is 24.8. The fourth-order valence-corrected chi connectivity index (χ4v) is 6.14. The quantitative estimate of drug-likeness (QED) is 0.311. The number of halogens is 1. The van der Waals surface area contributed by atoms with E-state index in [0.29, 0.717) is 19.4 Å². The van der Waals surface area contributed by atoms with Crippen LogP contribution in [0.15, 0.2) is 83.8 Å². The van der Waals surface area contributed by atoms with Gasteiger partial charge in [0.15, 0.2) is 0 Å². The molecule has 0 aliphatic carbocycles. The summed E-state index contributed by atoms with van der Waals surface area (Å²) in [4.78, 5) is 39.7. The number of carbonyl (C=O) groups excluding carboxylic acids is 3. The summed E-state index contributed by atoms with van der Waals surface area (Å²) in [6, 6.07) is 20.2. The van der Waals surface area contributed by atoms with Gasteiger partial charge in [-0.3, -0.25) is 18.8 Å². The van der Waals surface area contributed by atoms with E-state index < -0.39 is 46.7 Å². The predicted molar refractivity (Wildman–Crippen MR) is 159 cm³/mol. The van der Waals surface area contributed by atoms with Gasteiger partial charge in [0.25, 0.3) is 10.0 Å². The second-order valence-electron chi connectivity index (χ2n) is 9.94. The van der Waals surface area contributed by atoms with Crippen molar-refractivity contribution in [3.8, 4) is 0 Å². The number of hydrogen-bond donors (Lipinski definition) is 1. The van der Waals surface area contributed by atoms with E-state index in [-0.39, 0.29) is 27.9 Å². The third kappa shape index (κ3) is 7.80. The lowest BCUT2D eigenvalue weighted by molar-refractivity contribution is -0.145. The number of hydrogen-bond acceptors (Lipinski definition) is 7. The first-order chi connectivity index (χ1) is 20.0. The summed E-state index contributed by atoms with van der Waals surface area (Å²) in [5.74, 6) is -1.20. The van der Waals surface area contributed by atoms with Crippen molar-refractivity contribution in [1.82, 2.24) is 4.90 Å². The molecule has 222 valence electrons. The second kappa shape index (κ2) is 13.7. The zero-order chi connectivity index (χ0) is 30.3. The highest BCUT2D eigenvalue weighted by Gasteiger charge is 2.35. The molecule has 1 saturated heterocycles. The maximum Gasteiger partial charge on any atom is 0.410 e. The third-order valence-corrected chi connectivity index (χ3v) is 8.43. The molecule has 0 saturated carbocycles. The Hall–Kier alpha value is -4.09. The summed E-state index contributed by atoms with van der Waals surface area (Å²) in [6.45, 7) is 3.19. The number of ether oxygens (including phenoxy) is 2. The number of carbonyl (C=O) groups is 3. The molecule has 0 radical (unpaired) electrons. The number of sulfonamides is 1. The van der Waals surface area contributed by atoms with Crippen molar-refractivity contribution in [2.75, 3.05) is 22.7 Å². The lowest BCUT2D eigenvalue weighted by Crippen LogP contribution is -2.43. The molecule has 1 atom stereocenters. The molecule has 1 fully saturated rings. The molecular weight excluding hydrogens is 582 g/mol. The maximum atomic E-state index is 13.8. The van der Waals surface area contributed by atoms with Crippen molar-refractivity contribution in [3.05, 3.63) is 89.4 Å². The van der Waals surface area contributed by atoms with Crippen LogP contribution in [0.1, 0.15) is 32.3 Å². The van der Waals surface area contributed by atoms with E-state index in [1.165, 1.54) is 35.2 Å². The topological polar surface area (TPSA) is 122 Å². The number of esters is 1. The van der Waals surface area contributed by atoms with Crippen LogP contribution in [-0.2, 0) is 35.7 Å². The Bertz CT molecular complexity index is 1530. The molecule has 1 unspecified atom stereocenters. The van der Waals surface area contributed by atoms with Crippen LogP contribution in [0.25, 0.3) is 0 Å². The molecule has 1 N–H and O–H groups in total. The average molecular weight is 614 g/mol. The van der Waals surface area contributed by atoms with E-state index in [1.807, 2.05) is 30.3 Å². The van der Waals surface area contributed by atoms with Gasteiger partial charge in [-0.25, -0.2) is 13.2 Å². The number of amides is 2. The van der Waals surface area contributed by atoms with Crippen LogP contribution >= 0.6 is 11.6 Å². The average Bonchev–Trinajstić information content (AvgIpc) is 3.45. The molecule has 12 heteroatoms. The van der Waals surface area contributed by atoms with Gasteiger partial charge >= 0.3 is 12.1 Å². The number of nitrogens with zero attached hydrogens (tertiary/aromatic N) is 2. The van der Waals surface area contributed by atoms with Gasteiger partial charge in [-0.2, -0.15) is 0 Å². The zero-order valence-electron chi connectivity index (χ0n) is 23.2. The number of nitrogens with one attached hydrogen (secondary N) is 1. The molecule has 1 aliphatic heterocycles. The summed E-state index contributed by atoms with van der Waals surface area (Å²) >= 11 is 6.11. The van der Waals surface area contributed by atoms with Gasteiger partial charge in [0.05, 0.1) is 16.7 Å². The fraction of sp³-hybridized carbons (Fsp3) is 0.300. The minimum Gasteiger partial charge on any atom is -0.462 e. The largest absolute Gasteiger partial charge is 0.462 e. The van der Waals surface area contributed by atoms with E-state index in [0.717, 1.165) is 9.87 Å². The summed E-state index contributed by atoms with van der Waals surface area (Å²) < 4.78 is 39.1. The standard InChI is InChI=1S/C30H32ClN3O7S/c1-21(2)41-28(35)19-34(25-13-6-11-23(31)17-25)42(38,39)26-14-7-12-24(18-26)32-29(36)27-15-8-16-33(27)30(37)40-20-22-9-4-3-5-10-22/h3-7,9-14,17-18,21,27H,8,15-16,19-20H2,1-2H3,(H,32,36). The lowest BCUT2D eigenvalue weighted by atomic mass is 10.2. The van der Waals surface area contributed by atoms with E-state index in [2.05, 4.69) is 5.32 Å². The number of likely N-dealkylation sites (tertiary alicyclic amines) is 1. The van der Waals surface area contributed by atoms with Crippen molar-refractivity contribution in [1.29, 1.82) is 0 Å². The van der Waals surface area contributed by atoms with Gasteiger partial charge < -0.3 is 14.8 Å². The maximum absolute atomic E-state index is 13.8. The molecule has 2 amide bonds. The van der Waals surface area contributed by atoms with Gasteiger partial charge in [0.2, 0.25) is 5.91 Å². The van der Waals surface area contributed by atoms with Crippen LogP contribution < -0.4 is 9.62 Å². The molecule has 1 aliphatic rings. The monoisotopic (exact) mass is 613 g/mol. The third-order valence-electron chi connectivity index (χ3n) is 6.42. The highest BCUT2D eigenvalue weighted by molar-refractivity contribution is 7.92. The van der Waals surface area contributed by atoms with Gasteiger partial charge in [-0.15, -0.1) is 0 Å². The van der Waals surface area contributed by atoms with Crippen LogP contribution in [0.4, 0.5) is 16.2 Å². The van der Waals surface area contributed by atoms with Gasteiger partial charge in [0.1, 0.15) is 19.2 Å². The molecule has 0 bridgehead atoms. The normalized spacial score (nSPS) is 14.9. The number of benzene rings is 3. The molecule has 3 aromatic carbocycles. The molecular formula is C30H32ClN3O7S. The van der Waals surface area contributed by atoms with Crippen LogP contribution in [0.3, 0.4) is 0 Å². The summed E-state index contributed by atoms with van der Waals surface area (Å²) in [5.41, 5.74) is 1.21. The van der Waals surface area contributed by atoms with Crippen molar-refractivity contribution in [2.45, 2.75) is 50.3 Å². The van der Waals surface area contributed by atoms with Crippen LogP contribution in [-0.4, -0.2) is 56.5 Å².